The first-order valence-electron chi connectivity index (χ1n) is 24.0. The molecule has 2 aromatic carbocycles. The van der Waals surface area contributed by atoms with Crippen LogP contribution < -0.4 is 10.7 Å². The predicted molar refractivity (Wildman–Crippen MR) is 256 cm³/mol. The van der Waals surface area contributed by atoms with E-state index in [1.165, 1.54) is 10.0 Å². The van der Waals surface area contributed by atoms with Gasteiger partial charge in [-0.15, -0.1) is 5.01 Å². The van der Waals surface area contributed by atoms with E-state index in [-0.39, 0.29) is 31.6 Å². The molecule has 6 bridgehead atoms. The molecule has 3 fully saturated rings. The highest BCUT2D eigenvalue weighted by molar-refractivity contribution is 5.96. The lowest BCUT2D eigenvalue weighted by Gasteiger charge is -2.36. The maximum absolute atomic E-state index is 14.8. The van der Waals surface area contributed by atoms with Gasteiger partial charge in [-0.2, -0.15) is 0 Å². The van der Waals surface area contributed by atoms with Gasteiger partial charge in [-0.3, -0.25) is 29.2 Å². The van der Waals surface area contributed by atoms with Crippen LogP contribution in [0.1, 0.15) is 89.6 Å². The van der Waals surface area contributed by atoms with Gasteiger partial charge in [0.15, 0.2) is 6.04 Å². The van der Waals surface area contributed by atoms with Gasteiger partial charge in [0, 0.05) is 74.3 Å². The molecule has 360 valence electrons. The van der Waals surface area contributed by atoms with Crippen molar-refractivity contribution < 1.29 is 38.3 Å². The Hall–Kier alpha value is -6.15. The van der Waals surface area contributed by atoms with E-state index >= 15 is 0 Å². The highest BCUT2D eigenvalue weighted by atomic mass is 16.5. The third kappa shape index (κ3) is 10.0. The maximum Gasteiger partial charge on any atom is 0.324 e. The number of nitrogens with zero attached hydrogens (tertiary/aromatic N) is 6. The second kappa shape index (κ2) is 20.6. The summed E-state index contributed by atoms with van der Waals surface area (Å²) in [6.45, 7) is 12.0. The summed E-state index contributed by atoms with van der Waals surface area (Å²) in [4.78, 5) is 77.3. The van der Waals surface area contributed by atoms with E-state index in [9.17, 15) is 24.1 Å². The number of likely N-dealkylation sites (N-methyl/N-ethyl adjacent to an activating group) is 1. The molecule has 2 aromatic heterocycles. The number of benzene rings is 2. The molecule has 4 aliphatic heterocycles. The summed E-state index contributed by atoms with van der Waals surface area (Å²) in [5.41, 5.74) is 10.4. The molecule has 3 saturated heterocycles. The molecular formula is C52H65N8O8+. The number of hydrogen-bond donors (Lipinski definition) is 2. The van der Waals surface area contributed by atoms with Crippen LogP contribution in [-0.2, 0) is 52.8 Å². The fourth-order valence-electron chi connectivity index (χ4n) is 10.3. The van der Waals surface area contributed by atoms with Gasteiger partial charge in [0.25, 0.3) is 23.8 Å². The topological polar surface area (TPSA) is 168 Å². The highest BCUT2D eigenvalue weighted by Crippen LogP contribution is 2.42. The summed E-state index contributed by atoms with van der Waals surface area (Å²) in [6, 6.07) is 15.0. The van der Waals surface area contributed by atoms with Crippen molar-refractivity contribution in [3.05, 3.63) is 82.5 Å². The van der Waals surface area contributed by atoms with Crippen molar-refractivity contribution in [3.63, 3.8) is 0 Å². The molecule has 0 radical (unpaired) electrons. The molecule has 16 heteroatoms. The van der Waals surface area contributed by atoms with Gasteiger partial charge in [0.1, 0.15) is 17.0 Å². The van der Waals surface area contributed by atoms with E-state index < -0.39 is 53.5 Å². The fourth-order valence-corrected chi connectivity index (χ4v) is 10.3. The summed E-state index contributed by atoms with van der Waals surface area (Å²) in [7, 11) is 3.25. The number of carbonyl (C=O) groups is 4. The van der Waals surface area contributed by atoms with Gasteiger partial charge >= 0.3 is 5.97 Å². The third-order valence-electron chi connectivity index (χ3n) is 13.9. The molecule has 8 rings (SSSR count). The molecule has 2 unspecified atom stereocenters. The van der Waals surface area contributed by atoms with Crippen LogP contribution >= 0.6 is 0 Å². The average molecular weight is 930 g/mol. The number of esters is 1. The molecule has 4 aromatic rings. The lowest BCUT2D eigenvalue weighted by molar-refractivity contribution is -0.732. The van der Waals surface area contributed by atoms with Crippen molar-refractivity contribution in [2.24, 2.45) is 5.41 Å². The van der Waals surface area contributed by atoms with Gasteiger partial charge in [0.2, 0.25) is 0 Å². The van der Waals surface area contributed by atoms with Gasteiger partial charge < -0.3 is 29.0 Å². The number of fused-ring (bicyclic) bond motifs is 6. The zero-order valence-corrected chi connectivity index (χ0v) is 40.4. The number of aromatic nitrogens is 2. The molecule has 0 aliphatic carbocycles. The Morgan fingerprint density at radius 2 is 1.88 bits per heavy atom. The minimum Gasteiger partial charge on any atom is -0.464 e. The SMILES string of the molecule is CC#CC(=O)N1CC[C@H]([N+](=O)N(C)C(C(=O)N[C@H]2Cc3cccc(c3)-c3ccc4c(c3)c(c(-c3cccnc3[C@H](C)OC)n4CC)CC(C)(C)COC(=O)[C@@H]3CCCN(N3)C2=O)C2CCCO2)C1. The van der Waals surface area contributed by atoms with Crippen LogP contribution in [0.2, 0.25) is 0 Å². The minimum atomic E-state index is -1.10. The quantitative estimate of drug-likeness (QED) is 0.0887. The normalized spacial score (nSPS) is 22.7. The van der Waals surface area contributed by atoms with Crippen LogP contribution in [0.15, 0.2) is 60.8 Å². The van der Waals surface area contributed by atoms with Crippen molar-refractivity contribution in [1.29, 1.82) is 0 Å². The molecule has 6 heterocycles. The van der Waals surface area contributed by atoms with Crippen molar-refractivity contribution in [3.8, 4) is 34.2 Å². The number of hydrazine groups is 2. The maximum atomic E-state index is 14.8. The zero-order valence-electron chi connectivity index (χ0n) is 40.4. The average Bonchev–Trinajstić information content (AvgIpc) is 4.13. The van der Waals surface area contributed by atoms with Crippen molar-refractivity contribution in [2.45, 2.75) is 122 Å². The molecule has 3 amide bonds. The monoisotopic (exact) mass is 929 g/mol. The predicted octanol–water partition coefficient (Wildman–Crippen LogP) is 5.54. The van der Waals surface area contributed by atoms with Crippen LogP contribution in [0.4, 0.5) is 0 Å². The number of amides is 3. The standard InChI is InChI=1S/C52H64N8O8/c1-8-14-45(61)57-25-22-37(31-57)60(65)56(6)48(44-19-13-26-67-44)49(62)54-42-28-34-15-10-16-35(27-34)36-20-21-43-39(29-36)40(47(58(43)9-2)38-17-11-23-53-46(38)33(3)66-7)30-52(4,5)32-68-51(64)41-18-12-24-59(55-41)50(42)63/h10-11,15-17,20-21,23,27,29,33,37,41-42,44,48,55H,9,12-13,18-19,22,24-26,28,30-32H2,1-7H3/p+1/t33-,37-,41-,42-,44?,48?/m0/s1. The number of rotatable bonds is 10. The van der Waals surface area contributed by atoms with Crippen LogP contribution in [-0.4, -0.2) is 130 Å². The van der Waals surface area contributed by atoms with Crippen molar-refractivity contribution in [1.82, 2.24) is 35.2 Å². The number of methoxy groups -OCH3 is 1. The smallest absolute Gasteiger partial charge is 0.324 e. The van der Waals surface area contributed by atoms with E-state index in [1.807, 2.05) is 31.2 Å². The second-order valence-electron chi connectivity index (χ2n) is 19.3. The lowest BCUT2D eigenvalue weighted by atomic mass is 9.84. The van der Waals surface area contributed by atoms with Crippen molar-refractivity contribution in [2.75, 3.05) is 47.0 Å². The molecular weight excluding hydrogens is 865 g/mol. The Morgan fingerprint density at radius 1 is 1.07 bits per heavy atom. The van der Waals surface area contributed by atoms with E-state index in [1.54, 1.807) is 32.2 Å². The Bertz CT molecular complexity index is 2630. The van der Waals surface area contributed by atoms with Crippen LogP contribution in [0.25, 0.3) is 33.3 Å². The van der Waals surface area contributed by atoms with E-state index in [0.29, 0.717) is 64.8 Å². The van der Waals surface area contributed by atoms with E-state index in [2.05, 4.69) is 78.3 Å². The third-order valence-corrected chi connectivity index (χ3v) is 13.9. The van der Waals surface area contributed by atoms with E-state index in [4.69, 9.17) is 19.2 Å². The zero-order chi connectivity index (χ0) is 48.3. The first kappa shape index (κ1) is 48.3. The van der Waals surface area contributed by atoms with Gasteiger partial charge in [-0.25, -0.2) is 5.43 Å². The summed E-state index contributed by atoms with van der Waals surface area (Å²) in [6.07, 6.45) is 4.26. The number of pyridine rings is 1. The Kier molecular flexibility index (Phi) is 14.6. The first-order chi connectivity index (χ1) is 32.7. The molecule has 2 N–H and O–H groups in total. The number of ether oxygens (including phenoxy) is 3. The Balaban J connectivity index is 1.18. The Morgan fingerprint density at radius 3 is 2.63 bits per heavy atom. The van der Waals surface area contributed by atoms with Gasteiger partial charge in [-0.05, 0) is 105 Å². The summed E-state index contributed by atoms with van der Waals surface area (Å²) >= 11 is 0. The fraction of sp³-hybridized carbons (Fsp3) is 0.519. The van der Waals surface area contributed by atoms with Crippen LogP contribution in [0.3, 0.4) is 0 Å². The summed E-state index contributed by atoms with van der Waals surface area (Å²) in [5.74, 6) is 3.40. The molecule has 0 saturated carbocycles. The number of carbonyl (C=O) groups excluding carboxylic acids is 4. The summed E-state index contributed by atoms with van der Waals surface area (Å²) < 4.78 is 20.4. The van der Waals surface area contributed by atoms with Crippen LogP contribution in [0.5, 0.6) is 0 Å². The second-order valence-corrected chi connectivity index (χ2v) is 19.3. The largest absolute Gasteiger partial charge is 0.464 e. The number of nitrogens with one attached hydrogen (secondary N) is 2. The lowest BCUT2D eigenvalue weighted by Crippen LogP contribution is -2.63. The van der Waals surface area contributed by atoms with E-state index in [0.717, 1.165) is 55.0 Å². The molecule has 6 atom stereocenters. The number of likely N-dealkylation sites (tertiary alicyclic amines) is 1. The van der Waals surface area contributed by atoms with Crippen LogP contribution in [0, 0.1) is 22.2 Å². The summed E-state index contributed by atoms with van der Waals surface area (Å²) in [5, 5.41) is 6.91. The number of hydrogen-bond acceptors (Lipinski definition) is 10. The highest BCUT2D eigenvalue weighted by Gasteiger charge is 2.47. The van der Waals surface area contributed by atoms with Crippen molar-refractivity contribution >= 4 is 34.6 Å². The Labute approximate surface area is 398 Å². The molecule has 0 spiro atoms. The molecule has 16 nitrogen and oxygen atoms in total. The number of nitroso groups, excluding NO2 is 1. The molecule has 68 heavy (non-hydrogen) atoms. The number of cyclic esters (lactones) is 1. The minimum absolute atomic E-state index is 0.117. The van der Waals surface area contributed by atoms with Gasteiger partial charge in [-0.1, -0.05) is 50.1 Å². The number of aryl methyl sites for hydroxylation is 1. The van der Waals surface area contributed by atoms with Gasteiger partial charge in [0.05, 0.1) is 48.7 Å². The molecule has 4 aliphatic rings. The first-order valence-corrected chi connectivity index (χ1v) is 24.0.